The van der Waals surface area contributed by atoms with E-state index in [2.05, 4.69) is 0 Å². The van der Waals surface area contributed by atoms with E-state index in [9.17, 15) is 27.6 Å². The first kappa shape index (κ1) is 24.2. The van der Waals surface area contributed by atoms with E-state index >= 15 is 0 Å². The lowest BCUT2D eigenvalue weighted by atomic mass is 10.0. The first-order valence-corrected chi connectivity index (χ1v) is 9.77. The van der Waals surface area contributed by atoms with Crippen LogP contribution in [0.4, 0.5) is 13.2 Å². The van der Waals surface area contributed by atoms with Gasteiger partial charge in [-0.25, -0.2) is 18.0 Å². The molecule has 168 valence electrons. The van der Waals surface area contributed by atoms with Crippen LogP contribution in [0, 0.1) is 34.7 Å². The number of carbonyl (C=O) groups excluding carboxylic acids is 3. The Labute approximate surface area is 178 Å². The highest BCUT2D eigenvalue weighted by atomic mass is 19.2. The van der Waals surface area contributed by atoms with Crippen LogP contribution in [0.25, 0.3) is 0 Å². The Hall–Kier alpha value is -3.09. The Bertz CT molecular complexity index is 901. The largest absolute Gasteiger partial charge is 0.467 e. The summed E-state index contributed by atoms with van der Waals surface area (Å²) in [6, 6.07) is 1.40. The number of methoxy groups -OCH3 is 1. The number of likely N-dealkylation sites (tertiary alicyclic amines) is 1. The number of nitriles is 1. The number of nitrogens with zero attached hydrogens (tertiary/aromatic N) is 3. The Morgan fingerprint density at radius 1 is 1.32 bits per heavy atom. The topological polar surface area (TPSA) is 90.7 Å². The number of halogens is 3. The summed E-state index contributed by atoms with van der Waals surface area (Å²) in [6.07, 6.45) is 0.127. The van der Waals surface area contributed by atoms with Crippen molar-refractivity contribution in [1.29, 1.82) is 5.26 Å². The van der Waals surface area contributed by atoms with Gasteiger partial charge < -0.3 is 14.5 Å². The lowest BCUT2D eigenvalue weighted by molar-refractivity contribution is -0.155. The minimum absolute atomic E-state index is 0.0836. The van der Waals surface area contributed by atoms with Crippen molar-refractivity contribution in [2.24, 2.45) is 5.92 Å². The quantitative estimate of drug-likeness (QED) is 0.353. The van der Waals surface area contributed by atoms with E-state index in [1.54, 1.807) is 13.8 Å². The number of hydrogen-bond acceptors (Lipinski definition) is 5. The summed E-state index contributed by atoms with van der Waals surface area (Å²) in [4.78, 5) is 39.7. The molecule has 1 saturated heterocycles. The molecule has 0 aliphatic carbocycles. The molecule has 0 N–H and O–H groups in total. The zero-order valence-electron chi connectivity index (χ0n) is 17.5. The molecule has 10 heteroatoms. The third-order valence-electron chi connectivity index (χ3n) is 5.24. The third-order valence-corrected chi connectivity index (χ3v) is 5.24. The molecule has 1 fully saturated rings. The Morgan fingerprint density at radius 3 is 2.58 bits per heavy atom. The SMILES string of the molecule is COC(=O)[C@H](C(C)C)N(CC#N)C(=O)C[C@@H]1CCC(=O)N1Cc1cc(F)cc(F)c1F. The highest BCUT2D eigenvalue weighted by Crippen LogP contribution is 2.27. The summed E-state index contributed by atoms with van der Waals surface area (Å²) >= 11 is 0. The normalized spacial score (nSPS) is 16.9. The van der Waals surface area contributed by atoms with E-state index < -0.39 is 48.0 Å². The summed E-state index contributed by atoms with van der Waals surface area (Å²) < 4.78 is 45.8. The zero-order valence-corrected chi connectivity index (χ0v) is 17.5. The van der Waals surface area contributed by atoms with Gasteiger partial charge in [-0.1, -0.05) is 13.8 Å². The number of amides is 2. The van der Waals surface area contributed by atoms with E-state index in [1.165, 1.54) is 12.0 Å². The van der Waals surface area contributed by atoms with Gasteiger partial charge in [0.15, 0.2) is 11.6 Å². The van der Waals surface area contributed by atoms with E-state index in [4.69, 9.17) is 10.00 Å². The van der Waals surface area contributed by atoms with Crippen molar-refractivity contribution in [3.63, 3.8) is 0 Å². The molecule has 0 aromatic heterocycles. The maximum absolute atomic E-state index is 14.1. The lowest BCUT2D eigenvalue weighted by Crippen LogP contribution is -2.50. The molecule has 7 nitrogen and oxygen atoms in total. The molecule has 1 heterocycles. The van der Waals surface area contributed by atoms with Crippen molar-refractivity contribution >= 4 is 17.8 Å². The van der Waals surface area contributed by atoms with Crippen molar-refractivity contribution in [2.75, 3.05) is 13.7 Å². The molecule has 2 amide bonds. The molecule has 0 bridgehead atoms. The summed E-state index contributed by atoms with van der Waals surface area (Å²) in [6.45, 7) is 2.64. The van der Waals surface area contributed by atoms with Crippen LogP contribution in [0.2, 0.25) is 0 Å². The number of benzene rings is 1. The van der Waals surface area contributed by atoms with Crippen LogP contribution in [0.3, 0.4) is 0 Å². The van der Waals surface area contributed by atoms with Gasteiger partial charge in [-0.15, -0.1) is 0 Å². The predicted molar refractivity (Wildman–Crippen MR) is 102 cm³/mol. The highest BCUT2D eigenvalue weighted by molar-refractivity contribution is 5.86. The van der Waals surface area contributed by atoms with E-state index in [0.717, 1.165) is 11.0 Å². The van der Waals surface area contributed by atoms with Crippen molar-refractivity contribution in [1.82, 2.24) is 9.80 Å². The summed E-state index contributed by atoms with van der Waals surface area (Å²) in [7, 11) is 1.18. The molecule has 2 atom stereocenters. The van der Waals surface area contributed by atoms with Gasteiger partial charge in [0.05, 0.1) is 13.2 Å². The van der Waals surface area contributed by atoms with Crippen LogP contribution in [0.1, 0.15) is 38.7 Å². The van der Waals surface area contributed by atoms with Gasteiger partial charge in [0, 0.05) is 37.1 Å². The first-order chi connectivity index (χ1) is 14.6. The number of ether oxygens (including phenoxy) is 1. The Kier molecular flexibility index (Phi) is 8.02. The Balaban J connectivity index is 2.24. The van der Waals surface area contributed by atoms with Crippen LogP contribution in [0.5, 0.6) is 0 Å². The van der Waals surface area contributed by atoms with Crippen molar-refractivity contribution < 1.29 is 32.3 Å². The molecular formula is C21H24F3N3O4. The average Bonchev–Trinajstić information content (AvgIpc) is 3.04. The third kappa shape index (κ3) is 5.54. The minimum Gasteiger partial charge on any atom is -0.467 e. The van der Waals surface area contributed by atoms with Gasteiger partial charge in [-0.2, -0.15) is 5.26 Å². The monoisotopic (exact) mass is 439 g/mol. The second-order valence-electron chi connectivity index (χ2n) is 7.67. The standard InChI is InChI=1S/C21H24F3N3O4/c1-12(2)20(21(30)31-3)26(7-6-25)18(29)10-15-4-5-17(28)27(15)11-13-8-14(22)9-16(23)19(13)24/h8-9,12,15,20H,4-5,7,10-11H2,1-3H3/t15-,20-/m0/s1. The predicted octanol–water partition coefficient (Wildman–Crippen LogP) is 2.53. The lowest BCUT2D eigenvalue weighted by Gasteiger charge is -2.32. The van der Waals surface area contributed by atoms with E-state index in [-0.39, 0.29) is 43.2 Å². The van der Waals surface area contributed by atoms with Gasteiger partial charge in [-0.3, -0.25) is 9.59 Å². The number of rotatable bonds is 8. The fourth-order valence-corrected chi connectivity index (χ4v) is 3.75. The molecule has 1 aliphatic rings. The fraction of sp³-hybridized carbons (Fsp3) is 0.524. The number of hydrogen-bond donors (Lipinski definition) is 0. The molecule has 31 heavy (non-hydrogen) atoms. The van der Waals surface area contributed by atoms with Crippen molar-refractivity contribution in [2.45, 2.75) is 51.7 Å². The van der Waals surface area contributed by atoms with Crippen LogP contribution in [-0.4, -0.2) is 53.3 Å². The van der Waals surface area contributed by atoms with Gasteiger partial charge in [0.1, 0.15) is 18.4 Å². The van der Waals surface area contributed by atoms with Gasteiger partial charge in [-0.05, 0) is 18.4 Å². The van der Waals surface area contributed by atoms with Crippen LogP contribution in [0.15, 0.2) is 12.1 Å². The van der Waals surface area contributed by atoms with Gasteiger partial charge in [0.2, 0.25) is 11.8 Å². The molecule has 1 aliphatic heterocycles. The second-order valence-corrected chi connectivity index (χ2v) is 7.67. The molecule has 1 aromatic carbocycles. The number of esters is 1. The number of carbonyl (C=O) groups is 3. The van der Waals surface area contributed by atoms with Gasteiger partial charge in [0.25, 0.3) is 0 Å². The zero-order chi connectivity index (χ0) is 23.3. The molecule has 0 spiro atoms. The summed E-state index contributed by atoms with van der Waals surface area (Å²) in [5.74, 6) is -5.56. The Morgan fingerprint density at radius 2 is 2.00 bits per heavy atom. The smallest absolute Gasteiger partial charge is 0.328 e. The molecule has 1 aromatic rings. The molecule has 2 rings (SSSR count). The first-order valence-electron chi connectivity index (χ1n) is 9.77. The minimum atomic E-state index is -1.37. The van der Waals surface area contributed by atoms with Crippen molar-refractivity contribution in [3.8, 4) is 6.07 Å². The van der Waals surface area contributed by atoms with Crippen LogP contribution >= 0.6 is 0 Å². The molecular weight excluding hydrogens is 415 g/mol. The van der Waals surface area contributed by atoms with Crippen LogP contribution in [-0.2, 0) is 25.7 Å². The highest BCUT2D eigenvalue weighted by Gasteiger charge is 2.38. The molecule has 0 radical (unpaired) electrons. The van der Waals surface area contributed by atoms with Crippen molar-refractivity contribution in [3.05, 3.63) is 35.1 Å². The van der Waals surface area contributed by atoms with E-state index in [0.29, 0.717) is 6.07 Å². The molecule has 0 unspecified atom stereocenters. The average molecular weight is 439 g/mol. The maximum Gasteiger partial charge on any atom is 0.328 e. The fourth-order valence-electron chi connectivity index (χ4n) is 3.75. The molecule has 0 saturated carbocycles. The van der Waals surface area contributed by atoms with Crippen LogP contribution < -0.4 is 0 Å². The summed E-state index contributed by atoms with van der Waals surface area (Å²) in [5.41, 5.74) is -0.339. The summed E-state index contributed by atoms with van der Waals surface area (Å²) in [5, 5.41) is 9.13. The second kappa shape index (κ2) is 10.3. The maximum atomic E-state index is 14.1. The van der Waals surface area contributed by atoms with Gasteiger partial charge >= 0.3 is 5.97 Å². The van der Waals surface area contributed by atoms with E-state index in [1.807, 2.05) is 6.07 Å².